The fourth-order valence-corrected chi connectivity index (χ4v) is 2.31. The van der Waals surface area contributed by atoms with Gasteiger partial charge in [0, 0.05) is 12.6 Å². The summed E-state index contributed by atoms with van der Waals surface area (Å²) in [4.78, 5) is 11.6. The number of carbonyl (C=O) groups is 1. The van der Waals surface area contributed by atoms with Crippen molar-refractivity contribution < 1.29 is 9.90 Å². The zero-order chi connectivity index (χ0) is 13.5. The first-order valence-corrected chi connectivity index (χ1v) is 7.21. The molecule has 0 radical (unpaired) electrons. The first-order chi connectivity index (χ1) is 8.49. The van der Waals surface area contributed by atoms with Gasteiger partial charge in [-0.25, -0.2) is 4.79 Å². The van der Waals surface area contributed by atoms with Crippen LogP contribution in [-0.2, 0) is 0 Å². The first kappa shape index (κ1) is 15.3. The highest BCUT2D eigenvalue weighted by Gasteiger charge is 2.19. The van der Waals surface area contributed by atoms with Crippen LogP contribution in [0.2, 0.25) is 0 Å². The van der Waals surface area contributed by atoms with E-state index < -0.39 is 0 Å². The van der Waals surface area contributed by atoms with Gasteiger partial charge in [-0.05, 0) is 43.9 Å². The third kappa shape index (κ3) is 5.71. The molecular weight excluding hydrogens is 228 g/mol. The van der Waals surface area contributed by atoms with Gasteiger partial charge in [0.05, 0.1) is 6.10 Å². The Kier molecular flexibility index (Phi) is 6.47. The molecule has 18 heavy (non-hydrogen) atoms. The van der Waals surface area contributed by atoms with E-state index >= 15 is 0 Å². The first-order valence-electron chi connectivity index (χ1n) is 7.21. The second-order valence-electron chi connectivity index (χ2n) is 5.96. The number of carbonyl (C=O) groups excluding carboxylic acids is 1. The van der Waals surface area contributed by atoms with E-state index in [1.165, 1.54) is 12.8 Å². The third-order valence-electron chi connectivity index (χ3n) is 3.85. The summed E-state index contributed by atoms with van der Waals surface area (Å²) in [6.45, 7) is 6.76. The number of urea groups is 1. The lowest BCUT2D eigenvalue weighted by Crippen LogP contribution is -2.44. The molecule has 1 unspecified atom stereocenters. The highest BCUT2D eigenvalue weighted by molar-refractivity contribution is 5.74. The highest BCUT2D eigenvalue weighted by atomic mass is 16.3. The molecule has 0 aromatic heterocycles. The fourth-order valence-electron chi connectivity index (χ4n) is 2.31. The van der Waals surface area contributed by atoms with Gasteiger partial charge in [0.15, 0.2) is 0 Å². The van der Waals surface area contributed by atoms with E-state index in [0.717, 1.165) is 18.8 Å². The predicted octanol–water partition coefficient (Wildman–Crippen LogP) is 2.27. The molecule has 0 bridgehead atoms. The van der Waals surface area contributed by atoms with Gasteiger partial charge < -0.3 is 15.7 Å². The maximum atomic E-state index is 11.6. The molecular formula is C14H28N2O2. The Hall–Kier alpha value is -0.770. The molecule has 1 aliphatic rings. The average molecular weight is 256 g/mol. The van der Waals surface area contributed by atoms with Crippen LogP contribution in [-0.4, -0.2) is 29.8 Å². The number of amides is 2. The zero-order valence-electron chi connectivity index (χ0n) is 11.9. The molecule has 4 nitrogen and oxygen atoms in total. The lowest BCUT2D eigenvalue weighted by atomic mass is 9.87. The molecule has 0 saturated heterocycles. The number of hydrogen-bond donors (Lipinski definition) is 3. The Morgan fingerprint density at radius 1 is 1.28 bits per heavy atom. The van der Waals surface area contributed by atoms with Crippen LogP contribution in [0.4, 0.5) is 4.79 Å². The Balaban J connectivity index is 2.10. The monoisotopic (exact) mass is 256 g/mol. The van der Waals surface area contributed by atoms with Gasteiger partial charge in [-0.1, -0.05) is 20.8 Å². The molecule has 106 valence electrons. The van der Waals surface area contributed by atoms with Crippen LogP contribution < -0.4 is 10.6 Å². The summed E-state index contributed by atoms with van der Waals surface area (Å²) in [5, 5.41) is 15.4. The molecule has 4 heteroatoms. The van der Waals surface area contributed by atoms with E-state index in [1.807, 2.05) is 13.8 Å². The van der Waals surface area contributed by atoms with Crippen molar-refractivity contribution >= 4 is 6.03 Å². The number of hydrogen-bond acceptors (Lipinski definition) is 2. The van der Waals surface area contributed by atoms with Crippen molar-refractivity contribution in [2.24, 2.45) is 11.8 Å². The van der Waals surface area contributed by atoms with E-state index in [9.17, 15) is 9.90 Å². The molecule has 1 atom stereocenters. The summed E-state index contributed by atoms with van der Waals surface area (Å²) in [6, 6.07) is 0.238. The van der Waals surface area contributed by atoms with Crippen LogP contribution in [0.5, 0.6) is 0 Å². The van der Waals surface area contributed by atoms with E-state index in [0.29, 0.717) is 19.0 Å². The van der Waals surface area contributed by atoms with Gasteiger partial charge in [0.25, 0.3) is 0 Å². The molecule has 2 amide bonds. The molecule has 3 N–H and O–H groups in total. The summed E-state index contributed by atoms with van der Waals surface area (Å²) in [5.74, 6) is 1.04. The molecule has 0 aliphatic heterocycles. The zero-order valence-corrected chi connectivity index (χ0v) is 11.9. The van der Waals surface area contributed by atoms with Crippen molar-refractivity contribution in [3.8, 4) is 0 Å². The molecule has 1 aliphatic carbocycles. The summed E-state index contributed by atoms with van der Waals surface area (Å²) in [6.07, 6.45) is 4.87. The van der Waals surface area contributed by atoms with Gasteiger partial charge in [-0.3, -0.25) is 0 Å². The van der Waals surface area contributed by atoms with Crippen LogP contribution in [0.1, 0.15) is 52.9 Å². The van der Waals surface area contributed by atoms with E-state index in [-0.39, 0.29) is 18.1 Å². The van der Waals surface area contributed by atoms with Crippen LogP contribution in [0, 0.1) is 11.8 Å². The van der Waals surface area contributed by atoms with Gasteiger partial charge in [-0.2, -0.15) is 0 Å². The Morgan fingerprint density at radius 3 is 2.44 bits per heavy atom. The van der Waals surface area contributed by atoms with Crippen LogP contribution >= 0.6 is 0 Å². The summed E-state index contributed by atoms with van der Waals surface area (Å²) >= 11 is 0. The van der Waals surface area contributed by atoms with Gasteiger partial charge in [-0.15, -0.1) is 0 Å². The number of aliphatic hydroxyl groups excluding tert-OH is 1. The minimum Gasteiger partial charge on any atom is -0.393 e. The van der Waals surface area contributed by atoms with Gasteiger partial charge >= 0.3 is 6.03 Å². The van der Waals surface area contributed by atoms with Crippen molar-refractivity contribution in [1.82, 2.24) is 10.6 Å². The van der Waals surface area contributed by atoms with Crippen LogP contribution in [0.3, 0.4) is 0 Å². The normalized spacial score (nSPS) is 25.8. The number of rotatable bonds is 5. The maximum absolute atomic E-state index is 11.6. The Morgan fingerprint density at radius 2 is 1.89 bits per heavy atom. The van der Waals surface area contributed by atoms with Crippen molar-refractivity contribution in [3.05, 3.63) is 0 Å². The van der Waals surface area contributed by atoms with E-state index in [2.05, 4.69) is 17.6 Å². The van der Waals surface area contributed by atoms with Gasteiger partial charge in [0.2, 0.25) is 0 Å². The molecule has 1 saturated carbocycles. The highest BCUT2D eigenvalue weighted by Crippen LogP contribution is 2.23. The lowest BCUT2D eigenvalue weighted by molar-refractivity contribution is 0.116. The SMILES string of the molecule is CC1CCC(NC(=O)NCCC(O)C(C)C)CC1. The average Bonchev–Trinajstić information content (AvgIpc) is 2.32. The Labute approximate surface area is 111 Å². The quantitative estimate of drug-likeness (QED) is 0.706. The molecule has 0 spiro atoms. The molecule has 0 aromatic rings. The van der Waals surface area contributed by atoms with Crippen LogP contribution in [0.15, 0.2) is 0 Å². The molecule has 1 fully saturated rings. The predicted molar refractivity (Wildman–Crippen MR) is 73.4 cm³/mol. The standard InChI is InChI=1S/C14H28N2O2/c1-10(2)13(17)8-9-15-14(18)16-12-6-4-11(3)5-7-12/h10-13,17H,4-9H2,1-3H3,(H2,15,16,18). The number of aliphatic hydroxyl groups is 1. The maximum Gasteiger partial charge on any atom is 0.315 e. The van der Waals surface area contributed by atoms with Crippen molar-refractivity contribution in [2.75, 3.05) is 6.54 Å². The van der Waals surface area contributed by atoms with Crippen LogP contribution in [0.25, 0.3) is 0 Å². The van der Waals surface area contributed by atoms with Gasteiger partial charge in [0.1, 0.15) is 0 Å². The minimum atomic E-state index is -0.333. The molecule has 0 heterocycles. The number of nitrogens with one attached hydrogen (secondary N) is 2. The molecule has 0 aromatic carbocycles. The minimum absolute atomic E-state index is 0.0921. The summed E-state index contributed by atoms with van der Waals surface area (Å²) in [7, 11) is 0. The third-order valence-corrected chi connectivity index (χ3v) is 3.85. The largest absolute Gasteiger partial charge is 0.393 e. The summed E-state index contributed by atoms with van der Waals surface area (Å²) in [5.41, 5.74) is 0. The molecule has 1 rings (SSSR count). The van der Waals surface area contributed by atoms with E-state index in [4.69, 9.17) is 0 Å². The van der Waals surface area contributed by atoms with E-state index in [1.54, 1.807) is 0 Å². The summed E-state index contributed by atoms with van der Waals surface area (Å²) < 4.78 is 0. The fraction of sp³-hybridized carbons (Fsp3) is 0.929. The lowest BCUT2D eigenvalue weighted by Gasteiger charge is -2.27. The van der Waals surface area contributed by atoms with Crippen molar-refractivity contribution in [2.45, 2.75) is 65.0 Å². The van der Waals surface area contributed by atoms with Crippen molar-refractivity contribution in [3.63, 3.8) is 0 Å². The second kappa shape index (κ2) is 7.62. The smallest absolute Gasteiger partial charge is 0.315 e. The second-order valence-corrected chi connectivity index (χ2v) is 5.96. The van der Waals surface area contributed by atoms with Crippen molar-refractivity contribution in [1.29, 1.82) is 0 Å². The topological polar surface area (TPSA) is 61.4 Å². The Bertz CT molecular complexity index is 248.